The minimum atomic E-state index is -0.0879. The van der Waals surface area contributed by atoms with Gasteiger partial charge in [0.15, 0.2) is 0 Å². The molecule has 1 N–H and O–H groups in total. The molecule has 0 atom stereocenters. The molecule has 3 aromatic rings. The highest BCUT2D eigenvalue weighted by Gasteiger charge is 2.09. The van der Waals surface area contributed by atoms with Crippen molar-refractivity contribution in [2.75, 3.05) is 7.11 Å². The van der Waals surface area contributed by atoms with E-state index >= 15 is 0 Å². The predicted molar refractivity (Wildman–Crippen MR) is 102 cm³/mol. The van der Waals surface area contributed by atoms with Gasteiger partial charge < -0.3 is 14.8 Å². The number of amides is 1. The molecule has 27 heavy (non-hydrogen) atoms. The van der Waals surface area contributed by atoms with Crippen LogP contribution >= 0.6 is 0 Å². The van der Waals surface area contributed by atoms with Gasteiger partial charge in [0.2, 0.25) is 11.8 Å². The molecule has 0 fully saturated rings. The number of carbonyl (C=O) groups is 1. The van der Waals surface area contributed by atoms with Gasteiger partial charge in [-0.3, -0.25) is 9.78 Å². The minimum Gasteiger partial charge on any atom is -0.497 e. The first kappa shape index (κ1) is 18.4. The Hall–Kier alpha value is -3.41. The van der Waals surface area contributed by atoms with Crippen molar-refractivity contribution in [3.63, 3.8) is 0 Å². The summed E-state index contributed by atoms with van der Waals surface area (Å²) in [7, 11) is 1.60. The van der Waals surface area contributed by atoms with Crippen LogP contribution in [0.5, 0.6) is 17.4 Å². The number of carbonyl (C=O) groups excluding carboxylic acids is 1. The van der Waals surface area contributed by atoms with E-state index < -0.39 is 0 Å². The van der Waals surface area contributed by atoms with Crippen LogP contribution in [0.15, 0.2) is 60.9 Å². The van der Waals surface area contributed by atoms with Crippen LogP contribution in [-0.2, 0) is 17.8 Å². The standard InChI is InChI=1S/C21H21N3O3/c1-15-8-9-19(14-23-15)27-21-17(6-4-10-22-21)13-24-20(25)12-16-5-3-7-18(11-16)26-2/h3-11,14H,12-13H2,1-2H3,(H,24,25). The number of aromatic nitrogens is 2. The highest BCUT2D eigenvalue weighted by molar-refractivity contribution is 5.78. The van der Waals surface area contributed by atoms with Crippen molar-refractivity contribution < 1.29 is 14.3 Å². The second-order valence-corrected chi connectivity index (χ2v) is 6.01. The summed E-state index contributed by atoms with van der Waals surface area (Å²) in [6, 6.07) is 14.8. The highest BCUT2D eigenvalue weighted by atomic mass is 16.5. The third-order valence-electron chi connectivity index (χ3n) is 3.92. The van der Waals surface area contributed by atoms with Crippen molar-refractivity contribution in [1.29, 1.82) is 0 Å². The Bertz CT molecular complexity index is 911. The Balaban J connectivity index is 1.62. The van der Waals surface area contributed by atoms with Gasteiger partial charge in [0.05, 0.1) is 19.7 Å². The van der Waals surface area contributed by atoms with E-state index in [1.165, 1.54) is 0 Å². The summed E-state index contributed by atoms with van der Waals surface area (Å²) in [5.41, 5.74) is 2.59. The van der Waals surface area contributed by atoms with Crippen LogP contribution in [0.1, 0.15) is 16.8 Å². The summed E-state index contributed by atoms with van der Waals surface area (Å²) >= 11 is 0. The molecule has 0 radical (unpaired) electrons. The van der Waals surface area contributed by atoms with E-state index in [0.717, 1.165) is 22.6 Å². The molecular weight excluding hydrogens is 342 g/mol. The zero-order chi connectivity index (χ0) is 19.1. The molecule has 3 rings (SSSR count). The fourth-order valence-electron chi connectivity index (χ4n) is 2.50. The maximum atomic E-state index is 12.3. The van der Waals surface area contributed by atoms with E-state index in [-0.39, 0.29) is 12.3 Å². The Kier molecular flexibility index (Phi) is 5.99. The van der Waals surface area contributed by atoms with E-state index in [2.05, 4.69) is 15.3 Å². The van der Waals surface area contributed by atoms with Gasteiger partial charge in [0.1, 0.15) is 11.5 Å². The molecule has 6 nitrogen and oxygen atoms in total. The summed E-state index contributed by atoms with van der Waals surface area (Å²) in [5.74, 6) is 1.69. The minimum absolute atomic E-state index is 0.0879. The Labute approximate surface area is 158 Å². The fourth-order valence-corrected chi connectivity index (χ4v) is 2.50. The molecule has 0 bridgehead atoms. The average Bonchev–Trinajstić information content (AvgIpc) is 2.69. The number of methoxy groups -OCH3 is 1. The molecule has 0 aliphatic rings. The summed E-state index contributed by atoms with van der Waals surface area (Å²) in [6.07, 6.45) is 3.57. The van der Waals surface area contributed by atoms with Gasteiger partial charge >= 0.3 is 0 Å². The van der Waals surface area contributed by atoms with Gasteiger partial charge in [0.25, 0.3) is 0 Å². The van der Waals surface area contributed by atoms with Crippen LogP contribution < -0.4 is 14.8 Å². The maximum Gasteiger partial charge on any atom is 0.224 e. The van der Waals surface area contributed by atoms with Crippen molar-refractivity contribution in [3.8, 4) is 17.4 Å². The average molecular weight is 363 g/mol. The van der Waals surface area contributed by atoms with Gasteiger partial charge in [-0.25, -0.2) is 4.98 Å². The van der Waals surface area contributed by atoms with E-state index in [9.17, 15) is 4.79 Å². The second-order valence-electron chi connectivity index (χ2n) is 6.01. The number of nitrogens with one attached hydrogen (secondary N) is 1. The number of hydrogen-bond donors (Lipinski definition) is 1. The number of pyridine rings is 2. The van der Waals surface area contributed by atoms with Gasteiger partial charge in [-0.15, -0.1) is 0 Å². The monoisotopic (exact) mass is 363 g/mol. The Morgan fingerprint density at radius 1 is 1.07 bits per heavy atom. The van der Waals surface area contributed by atoms with Gasteiger partial charge in [-0.05, 0) is 42.8 Å². The lowest BCUT2D eigenvalue weighted by Gasteiger charge is -2.11. The van der Waals surface area contributed by atoms with Gasteiger partial charge in [0, 0.05) is 24.0 Å². The van der Waals surface area contributed by atoms with E-state index in [1.54, 1.807) is 19.5 Å². The van der Waals surface area contributed by atoms with Gasteiger partial charge in [-0.2, -0.15) is 0 Å². The lowest BCUT2D eigenvalue weighted by atomic mass is 10.1. The first-order chi connectivity index (χ1) is 13.1. The summed E-state index contributed by atoms with van der Waals surface area (Å²) in [6.45, 7) is 2.24. The van der Waals surface area contributed by atoms with Crippen LogP contribution in [0.4, 0.5) is 0 Å². The summed E-state index contributed by atoms with van der Waals surface area (Å²) < 4.78 is 11.0. The molecular formula is C21H21N3O3. The number of nitrogens with zero attached hydrogens (tertiary/aromatic N) is 2. The topological polar surface area (TPSA) is 73.3 Å². The Morgan fingerprint density at radius 3 is 2.74 bits per heavy atom. The molecule has 2 heterocycles. The number of benzene rings is 1. The summed E-state index contributed by atoms with van der Waals surface area (Å²) in [4.78, 5) is 20.7. The first-order valence-electron chi connectivity index (χ1n) is 8.58. The van der Waals surface area contributed by atoms with Crippen LogP contribution in [0.3, 0.4) is 0 Å². The molecule has 0 saturated heterocycles. The number of hydrogen-bond acceptors (Lipinski definition) is 5. The van der Waals surface area contributed by atoms with E-state index in [4.69, 9.17) is 9.47 Å². The third-order valence-corrected chi connectivity index (χ3v) is 3.92. The van der Waals surface area contributed by atoms with E-state index in [1.807, 2.05) is 55.5 Å². The van der Waals surface area contributed by atoms with Crippen LogP contribution in [0, 0.1) is 6.92 Å². The third kappa shape index (κ3) is 5.28. The smallest absolute Gasteiger partial charge is 0.224 e. The number of ether oxygens (including phenoxy) is 2. The molecule has 0 saturated carbocycles. The normalized spacial score (nSPS) is 10.3. The first-order valence-corrected chi connectivity index (χ1v) is 8.58. The zero-order valence-electron chi connectivity index (χ0n) is 15.3. The Morgan fingerprint density at radius 2 is 1.96 bits per heavy atom. The van der Waals surface area contributed by atoms with Crippen molar-refractivity contribution in [2.24, 2.45) is 0 Å². The maximum absolute atomic E-state index is 12.3. The molecule has 138 valence electrons. The fraction of sp³-hybridized carbons (Fsp3) is 0.190. The second kappa shape index (κ2) is 8.80. The molecule has 2 aromatic heterocycles. The van der Waals surface area contributed by atoms with E-state index in [0.29, 0.717) is 18.2 Å². The molecule has 1 aromatic carbocycles. The zero-order valence-corrected chi connectivity index (χ0v) is 15.3. The van der Waals surface area contributed by atoms with Crippen LogP contribution in [0.25, 0.3) is 0 Å². The molecule has 0 aliphatic heterocycles. The number of rotatable bonds is 7. The molecule has 0 spiro atoms. The van der Waals surface area contributed by atoms with Crippen molar-refractivity contribution in [3.05, 3.63) is 77.7 Å². The SMILES string of the molecule is COc1cccc(CC(=O)NCc2cccnc2Oc2ccc(C)nc2)c1. The lowest BCUT2D eigenvalue weighted by Crippen LogP contribution is -2.24. The van der Waals surface area contributed by atoms with Crippen LogP contribution in [-0.4, -0.2) is 23.0 Å². The van der Waals surface area contributed by atoms with Crippen molar-refractivity contribution in [2.45, 2.75) is 19.9 Å². The largest absolute Gasteiger partial charge is 0.497 e. The highest BCUT2D eigenvalue weighted by Crippen LogP contribution is 2.22. The molecule has 0 aliphatic carbocycles. The van der Waals surface area contributed by atoms with Crippen molar-refractivity contribution in [1.82, 2.24) is 15.3 Å². The summed E-state index contributed by atoms with van der Waals surface area (Å²) in [5, 5.41) is 2.90. The molecule has 0 unspecified atom stereocenters. The van der Waals surface area contributed by atoms with Crippen molar-refractivity contribution >= 4 is 5.91 Å². The van der Waals surface area contributed by atoms with Gasteiger partial charge in [-0.1, -0.05) is 18.2 Å². The number of aryl methyl sites for hydroxylation is 1. The van der Waals surface area contributed by atoms with Crippen LogP contribution in [0.2, 0.25) is 0 Å². The lowest BCUT2D eigenvalue weighted by molar-refractivity contribution is -0.120. The quantitative estimate of drug-likeness (QED) is 0.696. The molecule has 1 amide bonds. The predicted octanol–water partition coefficient (Wildman–Crippen LogP) is 3.44. The molecule has 6 heteroatoms.